The Hall–Kier alpha value is -2.53. The minimum Gasteiger partial charge on any atom is -0.496 e. The molecule has 1 amide bonds. The van der Waals surface area contributed by atoms with E-state index in [1.807, 2.05) is 42.5 Å². The molecule has 1 fully saturated rings. The molecule has 2 aromatic carbocycles. The molecule has 1 aliphatic rings. The van der Waals surface area contributed by atoms with Gasteiger partial charge < -0.3 is 20.1 Å². The molecule has 0 unspecified atom stereocenters. The first kappa shape index (κ1) is 18.3. The monoisotopic (exact) mass is 354 g/mol. The maximum absolute atomic E-state index is 12.2. The fourth-order valence-corrected chi connectivity index (χ4v) is 3.13. The summed E-state index contributed by atoms with van der Waals surface area (Å²) in [5.74, 6) is 1.06. The van der Waals surface area contributed by atoms with E-state index in [-0.39, 0.29) is 11.8 Å². The third kappa shape index (κ3) is 4.99. The van der Waals surface area contributed by atoms with Gasteiger partial charge in [0.1, 0.15) is 5.75 Å². The van der Waals surface area contributed by atoms with Crippen LogP contribution in [-0.2, 0) is 16.0 Å². The number of methoxy groups -OCH3 is 1. The van der Waals surface area contributed by atoms with Crippen LogP contribution < -0.4 is 15.4 Å². The highest BCUT2D eigenvalue weighted by Gasteiger charge is 2.21. The Morgan fingerprint density at radius 2 is 1.77 bits per heavy atom. The summed E-state index contributed by atoms with van der Waals surface area (Å²) in [6.07, 6.45) is 2.48. The summed E-state index contributed by atoms with van der Waals surface area (Å²) < 4.78 is 10.7. The van der Waals surface area contributed by atoms with Crippen molar-refractivity contribution in [3.63, 3.8) is 0 Å². The van der Waals surface area contributed by atoms with Crippen LogP contribution in [0, 0.1) is 5.92 Å². The lowest BCUT2D eigenvalue weighted by Gasteiger charge is -2.21. The number of hydrogen-bond donors (Lipinski definition) is 2. The number of amides is 1. The van der Waals surface area contributed by atoms with Crippen LogP contribution in [0.4, 0.5) is 11.4 Å². The van der Waals surface area contributed by atoms with Gasteiger partial charge in [-0.2, -0.15) is 0 Å². The quantitative estimate of drug-likeness (QED) is 0.796. The largest absolute Gasteiger partial charge is 0.496 e. The smallest absolute Gasteiger partial charge is 0.227 e. The second kappa shape index (κ2) is 9.25. The standard InChI is InChI=1S/C21H26N2O3/c1-25-20-5-3-2-4-16(20)10-13-22-18-6-8-19(9-7-18)23-21(24)17-11-14-26-15-12-17/h2-9,17,22H,10-15H2,1H3,(H,23,24). The number of para-hydroxylation sites is 1. The highest BCUT2D eigenvalue weighted by molar-refractivity contribution is 5.92. The molecule has 5 nitrogen and oxygen atoms in total. The van der Waals surface area contributed by atoms with E-state index in [1.165, 1.54) is 5.56 Å². The summed E-state index contributed by atoms with van der Waals surface area (Å²) >= 11 is 0. The summed E-state index contributed by atoms with van der Waals surface area (Å²) in [5, 5.41) is 6.40. The number of carbonyl (C=O) groups is 1. The van der Waals surface area contributed by atoms with Gasteiger partial charge in [0.05, 0.1) is 7.11 Å². The third-order valence-electron chi connectivity index (χ3n) is 4.66. The lowest BCUT2D eigenvalue weighted by atomic mass is 9.99. The van der Waals surface area contributed by atoms with Gasteiger partial charge in [0.25, 0.3) is 0 Å². The number of hydrogen-bond acceptors (Lipinski definition) is 4. The normalized spacial score (nSPS) is 14.7. The van der Waals surface area contributed by atoms with E-state index < -0.39 is 0 Å². The molecule has 0 aromatic heterocycles. The molecule has 3 rings (SSSR count). The van der Waals surface area contributed by atoms with Gasteiger partial charge in [-0.25, -0.2) is 0 Å². The van der Waals surface area contributed by atoms with E-state index in [1.54, 1.807) is 7.11 Å². The second-order valence-corrected chi connectivity index (χ2v) is 6.44. The van der Waals surface area contributed by atoms with E-state index in [0.717, 1.165) is 42.9 Å². The molecule has 0 radical (unpaired) electrons. The van der Waals surface area contributed by atoms with Crippen molar-refractivity contribution in [3.8, 4) is 5.75 Å². The minimum absolute atomic E-state index is 0.0578. The van der Waals surface area contributed by atoms with Gasteiger partial charge in [-0.1, -0.05) is 18.2 Å². The van der Waals surface area contributed by atoms with Gasteiger partial charge in [0.2, 0.25) is 5.91 Å². The maximum Gasteiger partial charge on any atom is 0.227 e. The molecular formula is C21H26N2O3. The zero-order valence-corrected chi connectivity index (χ0v) is 15.2. The van der Waals surface area contributed by atoms with Crippen molar-refractivity contribution in [2.24, 2.45) is 5.92 Å². The molecule has 0 spiro atoms. The Labute approximate surface area is 154 Å². The van der Waals surface area contributed by atoms with Crippen LogP contribution in [0.3, 0.4) is 0 Å². The molecule has 0 bridgehead atoms. The van der Waals surface area contributed by atoms with Crippen LogP contribution in [0.2, 0.25) is 0 Å². The first-order valence-corrected chi connectivity index (χ1v) is 9.10. The third-order valence-corrected chi connectivity index (χ3v) is 4.66. The maximum atomic E-state index is 12.2. The molecule has 1 heterocycles. The molecule has 26 heavy (non-hydrogen) atoms. The molecule has 2 aromatic rings. The van der Waals surface area contributed by atoms with Crippen molar-refractivity contribution in [2.45, 2.75) is 19.3 Å². The van der Waals surface area contributed by atoms with E-state index in [4.69, 9.17) is 9.47 Å². The van der Waals surface area contributed by atoms with E-state index in [9.17, 15) is 4.79 Å². The van der Waals surface area contributed by atoms with Crippen LogP contribution in [-0.4, -0.2) is 32.8 Å². The SMILES string of the molecule is COc1ccccc1CCNc1ccc(NC(=O)C2CCOCC2)cc1. The van der Waals surface area contributed by atoms with Crippen LogP contribution in [0.1, 0.15) is 18.4 Å². The molecule has 0 saturated carbocycles. The van der Waals surface area contributed by atoms with Crippen molar-refractivity contribution >= 4 is 17.3 Å². The number of nitrogens with one attached hydrogen (secondary N) is 2. The average molecular weight is 354 g/mol. The number of anilines is 2. The number of carbonyl (C=O) groups excluding carboxylic acids is 1. The predicted octanol–water partition coefficient (Wildman–Crippen LogP) is 3.71. The van der Waals surface area contributed by atoms with Crippen LogP contribution in [0.5, 0.6) is 5.75 Å². The number of ether oxygens (including phenoxy) is 2. The fourth-order valence-electron chi connectivity index (χ4n) is 3.13. The fraction of sp³-hybridized carbons (Fsp3) is 0.381. The Morgan fingerprint density at radius 3 is 2.50 bits per heavy atom. The minimum atomic E-state index is 0.0578. The second-order valence-electron chi connectivity index (χ2n) is 6.44. The molecular weight excluding hydrogens is 328 g/mol. The summed E-state index contributed by atoms with van der Waals surface area (Å²) in [6, 6.07) is 15.9. The highest BCUT2D eigenvalue weighted by atomic mass is 16.5. The lowest BCUT2D eigenvalue weighted by molar-refractivity contribution is -0.122. The molecule has 0 aliphatic carbocycles. The van der Waals surface area contributed by atoms with Gasteiger partial charge in [0, 0.05) is 37.1 Å². The Morgan fingerprint density at radius 1 is 1.08 bits per heavy atom. The summed E-state index contributed by atoms with van der Waals surface area (Å²) in [7, 11) is 1.69. The zero-order chi connectivity index (χ0) is 18.2. The topological polar surface area (TPSA) is 59.6 Å². The van der Waals surface area contributed by atoms with Crippen LogP contribution >= 0.6 is 0 Å². The van der Waals surface area contributed by atoms with Gasteiger partial charge in [-0.15, -0.1) is 0 Å². The van der Waals surface area contributed by atoms with Gasteiger partial charge >= 0.3 is 0 Å². The van der Waals surface area contributed by atoms with E-state index >= 15 is 0 Å². The molecule has 2 N–H and O–H groups in total. The van der Waals surface area contributed by atoms with E-state index in [2.05, 4.69) is 16.7 Å². The van der Waals surface area contributed by atoms with Crippen molar-refractivity contribution in [1.82, 2.24) is 0 Å². The van der Waals surface area contributed by atoms with Crippen LogP contribution in [0.15, 0.2) is 48.5 Å². The van der Waals surface area contributed by atoms with Crippen molar-refractivity contribution in [1.29, 1.82) is 0 Å². The Kier molecular flexibility index (Phi) is 6.50. The highest BCUT2D eigenvalue weighted by Crippen LogP contribution is 2.20. The predicted molar refractivity (Wildman–Crippen MR) is 104 cm³/mol. The summed E-state index contributed by atoms with van der Waals surface area (Å²) in [4.78, 5) is 12.2. The number of benzene rings is 2. The van der Waals surface area contributed by atoms with Crippen molar-refractivity contribution in [3.05, 3.63) is 54.1 Å². The first-order valence-electron chi connectivity index (χ1n) is 9.10. The summed E-state index contributed by atoms with van der Waals surface area (Å²) in [6.45, 7) is 2.16. The van der Waals surface area contributed by atoms with Crippen molar-refractivity contribution < 1.29 is 14.3 Å². The van der Waals surface area contributed by atoms with Crippen LogP contribution in [0.25, 0.3) is 0 Å². The van der Waals surface area contributed by atoms with Crippen molar-refractivity contribution in [2.75, 3.05) is 37.5 Å². The van der Waals surface area contributed by atoms with Gasteiger partial charge in [-0.3, -0.25) is 4.79 Å². The Bertz CT molecular complexity index is 709. The first-order chi connectivity index (χ1) is 12.8. The van der Waals surface area contributed by atoms with Gasteiger partial charge in [0.15, 0.2) is 0 Å². The molecule has 0 atom stereocenters. The lowest BCUT2D eigenvalue weighted by Crippen LogP contribution is -2.28. The zero-order valence-electron chi connectivity index (χ0n) is 15.2. The molecule has 5 heteroatoms. The molecule has 138 valence electrons. The van der Waals surface area contributed by atoms with E-state index in [0.29, 0.717) is 13.2 Å². The Balaban J connectivity index is 1.47. The summed E-state index contributed by atoms with van der Waals surface area (Å²) in [5.41, 5.74) is 3.04. The molecule has 1 aliphatic heterocycles. The molecule has 1 saturated heterocycles. The average Bonchev–Trinajstić information content (AvgIpc) is 2.70. The number of rotatable bonds is 7. The van der Waals surface area contributed by atoms with Gasteiger partial charge in [-0.05, 0) is 55.2 Å².